The number of Topliss-reactive ketones (excluding diaryl/α,β-unsaturated/α-hetero) is 1. The van der Waals surface area contributed by atoms with Gasteiger partial charge in [0.25, 0.3) is 11.7 Å². The molecule has 0 radical (unpaired) electrons. The number of carbonyl (C=O) groups is 2. The minimum Gasteiger partial charge on any atom is -0.507 e. The van der Waals surface area contributed by atoms with Gasteiger partial charge in [0.05, 0.1) is 18.7 Å². The van der Waals surface area contributed by atoms with Crippen molar-refractivity contribution in [2.24, 2.45) is 0 Å². The van der Waals surface area contributed by atoms with Crippen molar-refractivity contribution < 1.29 is 19.4 Å². The number of amides is 1. The molecule has 0 spiro atoms. The molecule has 1 saturated heterocycles. The van der Waals surface area contributed by atoms with Crippen LogP contribution in [0.2, 0.25) is 0 Å². The summed E-state index contributed by atoms with van der Waals surface area (Å²) >= 11 is 0. The van der Waals surface area contributed by atoms with Crippen molar-refractivity contribution in [2.75, 3.05) is 33.3 Å². The van der Waals surface area contributed by atoms with Crippen molar-refractivity contribution in [1.29, 1.82) is 0 Å². The van der Waals surface area contributed by atoms with Gasteiger partial charge in [0.2, 0.25) is 0 Å². The molecule has 2 aromatic carbocycles. The molecule has 1 atom stereocenters. The number of methoxy groups -OCH3 is 1. The first kappa shape index (κ1) is 22.6. The molecule has 1 aliphatic heterocycles. The quantitative estimate of drug-likeness (QED) is 0.378. The number of aliphatic hydroxyl groups excluding tert-OH is 1. The lowest BCUT2D eigenvalue weighted by Crippen LogP contribution is -2.33. The van der Waals surface area contributed by atoms with Gasteiger partial charge in [-0.3, -0.25) is 9.59 Å². The Morgan fingerprint density at radius 1 is 1.06 bits per heavy atom. The van der Waals surface area contributed by atoms with Crippen LogP contribution in [0.5, 0.6) is 5.75 Å². The van der Waals surface area contributed by atoms with E-state index in [1.54, 1.807) is 29.2 Å². The molecule has 1 N–H and O–H groups in total. The standard InChI is InChI=1S/C25H30N2O4/c1-4-26(5-2)15-10-16-27-22(18-11-7-6-8-12-18)21(24(29)25(27)30)23(28)19-13-9-14-20(17-19)31-3/h6-9,11-14,17,22,28H,4-5,10,15-16H2,1-3H3/b23-21-. The number of rotatable bonds is 9. The van der Waals surface area contributed by atoms with E-state index in [1.807, 2.05) is 30.3 Å². The third-order valence-electron chi connectivity index (χ3n) is 5.77. The molecule has 6 heteroatoms. The molecular weight excluding hydrogens is 392 g/mol. The lowest BCUT2D eigenvalue weighted by molar-refractivity contribution is -0.140. The van der Waals surface area contributed by atoms with Gasteiger partial charge in [-0.1, -0.05) is 56.3 Å². The maximum Gasteiger partial charge on any atom is 0.295 e. The first-order chi connectivity index (χ1) is 15.0. The number of nitrogens with zero attached hydrogens (tertiary/aromatic N) is 2. The maximum atomic E-state index is 13.0. The number of benzene rings is 2. The summed E-state index contributed by atoms with van der Waals surface area (Å²) < 4.78 is 5.24. The van der Waals surface area contributed by atoms with E-state index in [0.717, 1.165) is 31.6 Å². The summed E-state index contributed by atoms with van der Waals surface area (Å²) in [6.07, 6.45) is 0.747. The van der Waals surface area contributed by atoms with Crippen molar-refractivity contribution in [1.82, 2.24) is 9.80 Å². The second-order valence-electron chi connectivity index (χ2n) is 7.52. The fourth-order valence-electron chi connectivity index (χ4n) is 4.02. The van der Waals surface area contributed by atoms with Crippen LogP contribution in [0.1, 0.15) is 37.4 Å². The van der Waals surface area contributed by atoms with Crippen LogP contribution in [0.15, 0.2) is 60.2 Å². The van der Waals surface area contributed by atoms with Gasteiger partial charge in [0.15, 0.2) is 0 Å². The zero-order valence-corrected chi connectivity index (χ0v) is 18.4. The van der Waals surface area contributed by atoms with Gasteiger partial charge in [0.1, 0.15) is 11.5 Å². The first-order valence-electron chi connectivity index (χ1n) is 10.7. The molecule has 0 bridgehead atoms. The summed E-state index contributed by atoms with van der Waals surface area (Å²) in [5.74, 6) is -0.846. The van der Waals surface area contributed by atoms with Crippen LogP contribution in [0, 0.1) is 0 Å². The van der Waals surface area contributed by atoms with Crippen molar-refractivity contribution in [3.63, 3.8) is 0 Å². The smallest absolute Gasteiger partial charge is 0.295 e. The predicted molar refractivity (Wildman–Crippen MR) is 121 cm³/mol. The molecule has 1 amide bonds. The van der Waals surface area contributed by atoms with Crippen LogP contribution in [0.25, 0.3) is 5.76 Å². The van der Waals surface area contributed by atoms with Crippen LogP contribution in [0.3, 0.4) is 0 Å². The molecule has 0 aromatic heterocycles. The van der Waals surface area contributed by atoms with E-state index in [2.05, 4.69) is 18.7 Å². The molecular formula is C25H30N2O4. The molecule has 3 rings (SSSR count). The SMILES string of the molecule is CCN(CC)CCCN1C(=O)C(=O)/C(=C(\O)c2cccc(OC)c2)C1c1ccccc1. The summed E-state index contributed by atoms with van der Waals surface area (Å²) in [6, 6.07) is 15.6. The van der Waals surface area contributed by atoms with E-state index in [9.17, 15) is 14.7 Å². The Bertz CT molecular complexity index is 951. The van der Waals surface area contributed by atoms with Gasteiger partial charge in [-0.05, 0) is 43.8 Å². The number of carbonyl (C=O) groups excluding carboxylic acids is 2. The molecule has 1 aliphatic rings. The highest BCUT2D eigenvalue weighted by atomic mass is 16.5. The van der Waals surface area contributed by atoms with Gasteiger partial charge in [0, 0.05) is 12.1 Å². The topological polar surface area (TPSA) is 70.1 Å². The molecule has 1 fully saturated rings. The minimum absolute atomic E-state index is 0.118. The predicted octanol–water partition coefficient (Wildman–Crippen LogP) is 3.85. The zero-order valence-electron chi connectivity index (χ0n) is 18.4. The van der Waals surface area contributed by atoms with Gasteiger partial charge < -0.3 is 19.6 Å². The summed E-state index contributed by atoms with van der Waals surface area (Å²) in [6.45, 7) is 7.37. The van der Waals surface area contributed by atoms with Gasteiger partial charge >= 0.3 is 0 Å². The highest BCUT2D eigenvalue weighted by Gasteiger charge is 2.45. The summed E-state index contributed by atoms with van der Waals surface area (Å²) in [7, 11) is 1.54. The van der Waals surface area contributed by atoms with E-state index >= 15 is 0 Å². The van der Waals surface area contributed by atoms with E-state index in [1.165, 1.54) is 7.11 Å². The summed E-state index contributed by atoms with van der Waals surface area (Å²) in [4.78, 5) is 29.9. The second-order valence-corrected chi connectivity index (χ2v) is 7.52. The van der Waals surface area contributed by atoms with Crippen LogP contribution < -0.4 is 4.74 Å². The van der Waals surface area contributed by atoms with Gasteiger partial charge in [-0.15, -0.1) is 0 Å². The Labute approximate surface area is 183 Å². The number of likely N-dealkylation sites (tertiary alicyclic amines) is 1. The molecule has 2 aromatic rings. The average molecular weight is 423 g/mol. The largest absolute Gasteiger partial charge is 0.507 e. The number of hydrogen-bond donors (Lipinski definition) is 1. The highest BCUT2D eigenvalue weighted by molar-refractivity contribution is 6.46. The molecule has 1 unspecified atom stereocenters. The Kier molecular flexibility index (Phi) is 7.47. The van der Waals surface area contributed by atoms with E-state index < -0.39 is 17.7 Å². The number of aliphatic hydroxyl groups is 1. The summed E-state index contributed by atoms with van der Waals surface area (Å²) in [5.41, 5.74) is 1.36. The molecule has 0 saturated carbocycles. The highest BCUT2D eigenvalue weighted by Crippen LogP contribution is 2.39. The molecule has 6 nitrogen and oxygen atoms in total. The van der Waals surface area contributed by atoms with Gasteiger partial charge in [-0.25, -0.2) is 0 Å². The van der Waals surface area contributed by atoms with Crippen LogP contribution in [0.4, 0.5) is 0 Å². The Morgan fingerprint density at radius 2 is 1.77 bits per heavy atom. The van der Waals surface area contributed by atoms with Crippen LogP contribution >= 0.6 is 0 Å². The lowest BCUT2D eigenvalue weighted by atomic mass is 9.95. The molecule has 31 heavy (non-hydrogen) atoms. The van der Waals surface area contributed by atoms with Crippen molar-refractivity contribution in [3.05, 3.63) is 71.3 Å². The normalized spacial score (nSPS) is 18.1. The first-order valence-corrected chi connectivity index (χ1v) is 10.7. The molecule has 0 aliphatic carbocycles. The fourth-order valence-corrected chi connectivity index (χ4v) is 4.02. The van der Waals surface area contributed by atoms with Crippen LogP contribution in [-0.2, 0) is 9.59 Å². The van der Waals surface area contributed by atoms with E-state index in [4.69, 9.17) is 4.74 Å². The minimum atomic E-state index is -0.656. The third-order valence-corrected chi connectivity index (χ3v) is 5.77. The Hall–Kier alpha value is -3.12. The van der Waals surface area contributed by atoms with Crippen molar-refractivity contribution in [3.8, 4) is 5.75 Å². The lowest BCUT2D eigenvalue weighted by Gasteiger charge is -2.26. The fraction of sp³-hybridized carbons (Fsp3) is 0.360. The number of ketones is 1. The van der Waals surface area contributed by atoms with Crippen molar-refractivity contribution in [2.45, 2.75) is 26.3 Å². The van der Waals surface area contributed by atoms with E-state index in [0.29, 0.717) is 17.9 Å². The third kappa shape index (κ3) is 4.80. The molecule has 1 heterocycles. The van der Waals surface area contributed by atoms with Gasteiger partial charge in [-0.2, -0.15) is 0 Å². The summed E-state index contributed by atoms with van der Waals surface area (Å²) in [5, 5.41) is 11.1. The maximum absolute atomic E-state index is 13.0. The molecule has 164 valence electrons. The number of ether oxygens (including phenoxy) is 1. The zero-order chi connectivity index (χ0) is 22.4. The number of hydrogen-bond acceptors (Lipinski definition) is 5. The second kappa shape index (κ2) is 10.3. The Morgan fingerprint density at radius 3 is 2.42 bits per heavy atom. The Balaban J connectivity index is 2.01. The monoisotopic (exact) mass is 422 g/mol. The van der Waals surface area contributed by atoms with Crippen molar-refractivity contribution >= 4 is 17.4 Å². The van der Waals surface area contributed by atoms with E-state index in [-0.39, 0.29) is 11.3 Å². The average Bonchev–Trinajstić information content (AvgIpc) is 3.07. The van der Waals surface area contributed by atoms with Crippen LogP contribution in [-0.4, -0.2) is 59.9 Å².